The Morgan fingerprint density at radius 3 is 2.26 bits per heavy atom. The minimum atomic E-state index is 0.149. The van der Waals surface area contributed by atoms with Crippen molar-refractivity contribution in [2.75, 3.05) is 7.11 Å². The molecule has 0 saturated heterocycles. The summed E-state index contributed by atoms with van der Waals surface area (Å²) in [6.07, 6.45) is 0. The quantitative estimate of drug-likeness (QED) is 0.741. The third kappa shape index (κ3) is 2.57. The molecule has 0 saturated carbocycles. The van der Waals surface area contributed by atoms with Crippen molar-refractivity contribution in [3.05, 3.63) is 52.0 Å². The highest BCUT2D eigenvalue weighted by atomic mass is 79.9. The van der Waals surface area contributed by atoms with Crippen LogP contribution in [0.4, 0.5) is 0 Å². The van der Waals surface area contributed by atoms with E-state index in [-0.39, 0.29) is 4.83 Å². The maximum Gasteiger partial charge on any atom is 0.119 e. The van der Waals surface area contributed by atoms with Crippen molar-refractivity contribution >= 4 is 15.9 Å². The van der Waals surface area contributed by atoms with Gasteiger partial charge in [-0.1, -0.05) is 22.0 Å². The van der Waals surface area contributed by atoms with Gasteiger partial charge in [0.1, 0.15) is 17.3 Å². The molecule has 3 heteroatoms. The molecular formula is C16H19BrO2. The second-order valence-electron chi connectivity index (χ2n) is 4.84. The van der Waals surface area contributed by atoms with E-state index in [9.17, 15) is 0 Å². The van der Waals surface area contributed by atoms with Crippen LogP contribution in [0.3, 0.4) is 0 Å². The first-order valence-corrected chi connectivity index (χ1v) is 7.22. The molecule has 0 fully saturated rings. The molecule has 1 aromatic heterocycles. The fraction of sp³-hybridized carbons (Fsp3) is 0.375. The van der Waals surface area contributed by atoms with Gasteiger partial charge in [0.2, 0.25) is 0 Å². The summed E-state index contributed by atoms with van der Waals surface area (Å²) in [4.78, 5) is 0.149. The normalized spacial score (nSPS) is 12.5. The highest BCUT2D eigenvalue weighted by molar-refractivity contribution is 9.09. The van der Waals surface area contributed by atoms with Crippen LogP contribution < -0.4 is 4.74 Å². The number of alkyl halides is 1. The zero-order valence-corrected chi connectivity index (χ0v) is 13.6. The van der Waals surface area contributed by atoms with E-state index in [0.29, 0.717) is 0 Å². The van der Waals surface area contributed by atoms with Crippen LogP contribution in [-0.4, -0.2) is 7.11 Å². The maximum absolute atomic E-state index is 5.72. The van der Waals surface area contributed by atoms with Crippen molar-refractivity contribution in [3.63, 3.8) is 0 Å². The highest BCUT2D eigenvalue weighted by Crippen LogP contribution is 2.39. The number of benzene rings is 1. The van der Waals surface area contributed by atoms with Gasteiger partial charge in [-0.25, -0.2) is 0 Å². The summed E-state index contributed by atoms with van der Waals surface area (Å²) < 4.78 is 11.0. The van der Waals surface area contributed by atoms with Crippen molar-refractivity contribution in [2.24, 2.45) is 0 Å². The van der Waals surface area contributed by atoms with Gasteiger partial charge in [-0.3, -0.25) is 0 Å². The number of aryl methyl sites for hydroxylation is 3. The molecule has 19 heavy (non-hydrogen) atoms. The molecular weight excluding hydrogens is 304 g/mol. The summed E-state index contributed by atoms with van der Waals surface area (Å²) >= 11 is 3.81. The topological polar surface area (TPSA) is 22.4 Å². The lowest BCUT2D eigenvalue weighted by atomic mass is 9.97. The van der Waals surface area contributed by atoms with Gasteiger partial charge in [-0.15, -0.1) is 0 Å². The first-order chi connectivity index (χ1) is 8.95. The summed E-state index contributed by atoms with van der Waals surface area (Å²) in [5.41, 5.74) is 4.90. The second-order valence-corrected chi connectivity index (χ2v) is 5.75. The molecule has 1 heterocycles. The van der Waals surface area contributed by atoms with E-state index in [1.165, 1.54) is 22.3 Å². The van der Waals surface area contributed by atoms with Crippen LogP contribution >= 0.6 is 15.9 Å². The van der Waals surface area contributed by atoms with E-state index in [4.69, 9.17) is 9.15 Å². The van der Waals surface area contributed by atoms with Crippen molar-refractivity contribution < 1.29 is 9.15 Å². The minimum absolute atomic E-state index is 0.149. The summed E-state index contributed by atoms with van der Waals surface area (Å²) in [6, 6.07) is 6.16. The maximum atomic E-state index is 5.72. The van der Waals surface area contributed by atoms with Gasteiger partial charge in [0, 0.05) is 5.56 Å². The molecule has 2 aromatic rings. The lowest BCUT2D eigenvalue weighted by molar-refractivity contribution is 0.414. The predicted octanol–water partition coefficient (Wildman–Crippen LogP) is 5.01. The molecule has 0 aliphatic carbocycles. The summed E-state index contributed by atoms with van der Waals surface area (Å²) in [7, 11) is 1.69. The molecule has 0 amide bonds. The summed E-state index contributed by atoms with van der Waals surface area (Å²) in [5, 5.41) is 0. The summed E-state index contributed by atoms with van der Waals surface area (Å²) in [5.74, 6) is 2.85. The van der Waals surface area contributed by atoms with Crippen LogP contribution in [0.15, 0.2) is 22.6 Å². The number of hydrogen-bond donors (Lipinski definition) is 0. The molecule has 102 valence electrons. The molecule has 0 aliphatic heterocycles. The Bertz CT molecular complexity index is 599. The van der Waals surface area contributed by atoms with Crippen LogP contribution in [-0.2, 0) is 0 Å². The molecule has 0 spiro atoms. The van der Waals surface area contributed by atoms with E-state index in [0.717, 1.165) is 17.3 Å². The van der Waals surface area contributed by atoms with Crippen LogP contribution in [0.1, 0.15) is 38.6 Å². The van der Waals surface area contributed by atoms with Gasteiger partial charge in [0.05, 0.1) is 11.9 Å². The summed E-state index contributed by atoms with van der Waals surface area (Å²) in [6.45, 7) is 8.23. The fourth-order valence-corrected chi connectivity index (χ4v) is 3.58. The van der Waals surface area contributed by atoms with Gasteiger partial charge in [-0.05, 0) is 56.5 Å². The van der Waals surface area contributed by atoms with Crippen LogP contribution in [0.2, 0.25) is 0 Å². The molecule has 2 nitrogen and oxygen atoms in total. The Kier molecular flexibility index (Phi) is 4.04. The van der Waals surface area contributed by atoms with Crippen LogP contribution in [0, 0.1) is 27.7 Å². The third-order valence-corrected chi connectivity index (χ3v) is 4.57. The zero-order chi connectivity index (χ0) is 14.2. The fourth-order valence-electron chi connectivity index (χ4n) is 2.40. The zero-order valence-electron chi connectivity index (χ0n) is 12.0. The van der Waals surface area contributed by atoms with Crippen molar-refractivity contribution in [1.82, 2.24) is 0 Å². The standard InChI is InChI=1S/C16H19BrO2/c1-9-8-13(18-5)6-7-14(9)16(17)15-10(2)11(3)19-12(15)4/h6-8,16H,1-5H3. The van der Waals surface area contributed by atoms with E-state index in [1.54, 1.807) is 7.11 Å². The highest BCUT2D eigenvalue weighted by Gasteiger charge is 2.21. The van der Waals surface area contributed by atoms with E-state index in [1.807, 2.05) is 19.9 Å². The van der Waals surface area contributed by atoms with E-state index < -0.39 is 0 Å². The average Bonchev–Trinajstić information content (AvgIpc) is 2.62. The average molecular weight is 323 g/mol. The number of hydrogen-bond acceptors (Lipinski definition) is 2. The van der Waals surface area contributed by atoms with Crippen LogP contribution in [0.25, 0.3) is 0 Å². The SMILES string of the molecule is COc1ccc(C(Br)c2c(C)oc(C)c2C)c(C)c1. The molecule has 0 radical (unpaired) electrons. The Morgan fingerprint density at radius 2 is 1.79 bits per heavy atom. The minimum Gasteiger partial charge on any atom is -0.497 e. The number of halogens is 1. The molecule has 0 bridgehead atoms. The Morgan fingerprint density at radius 1 is 1.11 bits per heavy atom. The molecule has 1 atom stereocenters. The van der Waals surface area contributed by atoms with Gasteiger partial charge in [0.15, 0.2) is 0 Å². The molecule has 1 unspecified atom stereocenters. The second kappa shape index (κ2) is 5.41. The third-order valence-electron chi connectivity index (χ3n) is 3.62. The number of rotatable bonds is 3. The number of methoxy groups -OCH3 is 1. The lowest BCUT2D eigenvalue weighted by Gasteiger charge is -2.15. The molecule has 1 aromatic carbocycles. The van der Waals surface area contributed by atoms with E-state index in [2.05, 4.69) is 41.9 Å². The largest absolute Gasteiger partial charge is 0.497 e. The van der Waals surface area contributed by atoms with Gasteiger partial charge >= 0.3 is 0 Å². The number of ether oxygens (including phenoxy) is 1. The van der Waals surface area contributed by atoms with Gasteiger partial charge in [0.25, 0.3) is 0 Å². The molecule has 2 rings (SSSR count). The Hall–Kier alpha value is -1.22. The van der Waals surface area contributed by atoms with E-state index >= 15 is 0 Å². The van der Waals surface area contributed by atoms with Crippen molar-refractivity contribution in [2.45, 2.75) is 32.5 Å². The molecule has 0 N–H and O–H groups in total. The van der Waals surface area contributed by atoms with Crippen molar-refractivity contribution in [3.8, 4) is 5.75 Å². The van der Waals surface area contributed by atoms with Crippen molar-refractivity contribution in [1.29, 1.82) is 0 Å². The molecule has 0 aliphatic rings. The first kappa shape index (κ1) is 14.2. The Balaban J connectivity index is 2.47. The number of furan rings is 1. The lowest BCUT2D eigenvalue weighted by Crippen LogP contribution is -1.99. The van der Waals surface area contributed by atoms with Gasteiger partial charge < -0.3 is 9.15 Å². The van der Waals surface area contributed by atoms with Crippen LogP contribution in [0.5, 0.6) is 5.75 Å². The smallest absolute Gasteiger partial charge is 0.119 e. The van der Waals surface area contributed by atoms with Gasteiger partial charge in [-0.2, -0.15) is 0 Å². The monoisotopic (exact) mass is 322 g/mol. The Labute approximate surface area is 122 Å². The first-order valence-electron chi connectivity index (χ1n) is 6.30. The predicted molar refractivity (Wildman–Crippen MR) is 81.4 cm³/mol.